The number of esters is 1. The predicted molar refractivity (Wildman–Crippen MR) is 47.8 cm³/mol. The molecule has 0 aromatic heterocycles. The molecule has 1 saturated carbocycles. The number of carbonyl (C=O) groups excluding carboxylic acids is 1. The summed E-state index contributed by atoms with van der Waals surface area (Å²) in [5.74, 6) is 0.642. The summed E-state index contributed by atoms with van der Waals surface area (Å²) in [5.41, 5.74) is 0. The van der Waals surface area contributed by atoms with Crippen LogP contribution < -0.4 is 0 Å². The minimum Gasteiger partial charge on any atom is -0.469 e. The topological polar surface area (TPSA) is 26.3 Å². The molecule has 2 nitrogen and oxygen atoms in total. The number of hydrogen-bond donors (Lipinski definition) is 0. The van der Waals surface area contributed by atoms with Gasteiger partial charge < -0.3 is 4.74 Å². The Bertz CT molecular complexity index is 148. The number of ether oxygens (including phenoxy) is 1. The summed E-state index contributed by atoms with van der Waals surface area (Å²) in [6.07, 6.45) is 6.31. The van der Waals surface area contributed by atoms with Crippen molar-refractivity contribution in [3.8, 4) is 0 Å². The van der Waals surface area contributed by atoms with E-state index in [1.54, 1.807) is 0 Å². The maximum atomic E-state index is 11.2. The van der Waals surface area contributed by atoms with Gasteiger partial charge in [0.1, 0.15) is 0 Å². The van der Waals surface area contributed by atoms with Crippen molar-refractivity contribution in [2.45, 2.75) is 39.0 Å². The fourth-order valence-electron chi connectivity index (χ4n) is 2.01. The first-order valence-electron chi connectivity index (χ1n) is 4.83. The smallest absolute Gasteiger partial charge is 0.308 e. The Labute approximate surface area is 74.3 Å². The number of hydrogen-bond acceptors (Lipinski definition) is 2. The first-order chi connectivity index (χ1) is 5.75. The molecule has 1 rings (SSSR count). The zero-order chi connectivity index (χ0) is 8.97. The molecule has 0 radical (unpaired) electrons. The average Bonchev–Trinajstić information content (AvgIpc) is 2.17. The number of carbonyl (C=O) groups is 1. The van der Waals surface area contributed by atoms with Crippen LogP contribution in [0.15, 0.2) is 0 Å². The molecule has 0 aromatic rings. The molecule has 0 aliphatic heterocycles. The first kappa shape index (κ1) is 9.56. The van der Waals surface area contributed by atoms with E-state index in [1.165, 1.54) is 39.2 Å². The van der Waals surface area contributed by atoms with Gasteiger partial charge in [0.05, 0.1) is 13.0 Å². The zero-order valence-electron chi connectivity index (χ0n) is 8.01. The molecule has 70 valence electrons. The second kappa shape index (κ2) is 4.48. The average molecular weight is 170 g/mol. The van der Waals surface area contributed by atoms with E-state index >= 15 is 0 Å². The first-order valence-corrected chi connectivity index (χ1v) is 4.83. The van der Waals surface area contributed by atoms with Gasteiger partial charge in [-0.05, 0) is 18.8 Å². The summed E-state index contributed by atoms with van der Waals surface area (Å²) in [7, 11) is 1.47. The van der Waals surface area contributed by atoms with Gasteiger partial charge >= 0.3 is 5.97 Å². The predicted octanol–water partition coefficient (Wildman–Crippen LogP) is 2.38. The van der Waals surface area contributed by atoms with Crippen molar-refractivity contribution < 1.29 is 9.53 Å². The van der Waals surface area contributed by atoms with Gasteiger partial charge in [-0.3, -0.25) is 4.79 Å². The van der Waals surface area contributed by atoms with Gasteiger partial charge in [-0.25, -0.2) is 0 Å². The van der Waals surface area contributed by atoms with Crippen LogP contribution in [0, 0.1) is 11.8 Å². The fraction of sp³-hybridized carbons (Fsp3) is 0.900. The van der Waals surface area contributed by atoms with E-state index in [9.17, 15) is 4.79 Å². The Kier molecular flexibility index (Phi) is 3.57. The Morgan fingerprint density at radius 3 is 2.42 bits per heavy atom. The summed E-state index contributed by atoms with van der Waals surface area (Å²) in [4.78, 5) is 11.2. The van der Waals surface area contributed by atoms with Gasteiger partial charge in [0.15, 0.2) is 0 Å². The molecule has 0 heterocycles. The second-order valence-electron chi connectivity index (χ2n) is 3.71. The molecule has 0 amide bonds. The van der Waals surface area contributed by atoms with Gasteiger partial charge in [0, 0.05) is 0 Å². The van der Waals surface area contributed by atoms with E-state index in [-0.39, 0.29) is 11.9 Å². The highest BCUT2D eigenvalue weighted by Crippen LogP contribution is 2.30. The number of methoxy groups -OCH3 is 1. The maximum Gasteiger partial charge on any atom is 0.308 e. The molecule has 0 N–H and O–H groups in total. The standard InChI is InChI=1S/C10H18O2/c1-8(10(11)12-2)9-6-4-3-5-7-9/h8-9H,3-7H2,1-2H3/t8-/m1/s1. The molecule has 0 bridgehead atoms. The van der Waals surface area contributed by atoms with E-state index in [0.29, 0.717) is 5.92 Å². The molecule has 0 aromatic carbocycles. The van der Waals surface area contributed by atoms with Crippen LogP contribution in [-0.2, 0) is 9.53 Å². The lowest BCUT2D eigenvalue weighted by Gasteiger charge is -2.25. The van der Waals surface area contributed by atoms with Crippen LogP contribution in [0.1, 0.15) is 39.0 Å². The van der Waals surface area contributed by atoms with E-state index < -0.39 is 0 Å². The van der Waals surface area contributed by atoms with E-state index in [1.807, 2.05) is 6.92 Å². The minimum atomic E-state index is -0.0399. The summed E-state index contributed by atoms with van der Waals surface area (Å²) in [6.45, 7) is 1.99. The third kappa shape index (κ3) is 2.23. The van der Waals surface area contributed by atoms with E-state index in [0.717, 1.165) is 0 Å². The van der Waals surface area contributed by atoms with Crippen LogP contribution in [-0.4, -0.2) is 13.1 Å². The Balaban J connectivity index is 2.39. The monoisotopic (exact) mass is 170 g/mol. The van der Waals surface area contributed by atoms with Crippen LogP contribution in [0.3, 0.4) is 0 Å². The van der Waals surface area contributed by atoms with Crippen molar-refractivity contribution in [1.82, 2.24) is 0 Å². The minimum absolute atomic E-state index is 0.0399. The van der Waals surface area contributed by atoms with Crippen LogP contribution in [0.5, 0.6) is 0 Å². The van der Waals surface area contributed by atoms with Gasteiger partial charge in [0.25, 0.3) is 0 Å². The van der Waals surface area contributed by atoms with Crippen molar-refractivity contribution in [2.24, 2.45) is 11.8 Å². The highest BCUT2D eigenvalue weighted by atomic mass is 16.5. The highest BCUT2D eigenvalue weighted by Gasteiger charge is 2.25. The van der Waals surface area contributed by atoms with Crippen LogP contribution in [0.25, 0.3) is 0 Å². The highest BCUT2D eigenvalue weighted by molar-refractivity contribution is 5.72. The third-order valence-corrected chi connectivity index (χ3v) is 2.93. The molecule has 1 fully saturated rings. The van der Waals surface area contributed by atoms with Crippen molar-refractivity contribution in [2.75, 3.05) is 7.11 Å². The maximum absolute atomic E-state index is 11.2. The molecule has 1 aliphatic carbocycles. The second-order valence-corrected chi connectivity index (χ2v) is 3.71. The van der Waals surface area contributed by atoms with E-state index in [2.05, 4.69) is 0 Å². The fourth-order valence-corrected chi connectivity index (χ4v) is 2.01. The van der Waals surface area contributed by atoms with Crippen LogP contribution in [0.2, 0.25) is 0 Å². The van der Waals surface area contributed by atoms with Gasteiger partial charge in [-0.1, -0.05) is 26.2 Å². The van der Waals surface area contributed by atoms with Crippen molar-refractivity contribution in [3.05, 3.63) is 0 Å². The Hall–Kier alpha value is -0.530. The van der Waals surface area contributed by atoms with Gasteiger partial charge in [-0.2, -0.15) is 0 Å². The lowest BCUT2D eigenvalue weighted by Crippen LogP contribution is -2.24. The summed E-state index contributed by atoms with van der Waals surface area (Å²) in [6, 6.07) is 0. The van der Waals surface area contributed by atoms with Crippen molar-refractivity contribution in [1.29, 1.82) is 0 Å². The quantitative estimate of drug-likeness (QED) is 0.595. The Morgan fingerprint density at radius 1 is 1.33 bits per heavy atom. The van der Waals surface area contributed by atoms with Crippen molar-refractivity contribution >= 4 is 5.97 Å². The third-order valence-electron chi connectivity index (χ3n) is 2.93. The largest absolute Gasteiger partial charge is 0.469 e. The SMILES string of the molecule is COC(=O)[C@H](C)C1CCCCC1. The molecule has 1 atom stereocenters. The van der Waals surface area contributed by atoms with Crippen LogP contribution in [0.4, 0.5) is 0 Å². The van der Waals surface area contributed by atoms with Crippen molar-refractivity contribution in [3.63, 3.8) is 0 Å². The lowest BCUT2D eigenvalue weighted by molar-refractivity contribution is -0.147. The molecule has 1 aliphatic rings. The molecule has 0 saturated heterocycles. The molecule has 12 heavy (non-hydrogen) atoms. The summed E-state index contributed by atoms with van der Waals surface area (Å²) in [5, 5.41) is 0. The van der Waals surface area contributed by atoms with Crippen LogP contribution >= 0.6 is 0 Å². The molecular formula is C10H18O2. The van der Waals surface area contributed by atoms with Gasteiger partial charge in [-0.15, -0.1) is 0 Å². The van der Waals surface area contributed by atoms with Gasteiger partial charge in [0.2, 0.25) is 0 Å². The molecule has 2 heteroatoms. The molecule has 0 spiro atoms. The molecular weight excluding hydrogens is 152 g/mol. The summed E-state index contributed by atoms with van der Waals surface area (Å²) >= 11 is 0. The number of rotatable bonds is 2. The zero-order valence-corrected chi connectivity index (χ0v) is 8.01. The normalized spacial score (nSPS) is 21.8. The summed E-state index contributed by atoms with van der Waals surface area (Å²) < 4.78 is 4.73. The molecule has 0 unspecified atom stereocenters. The Morgan fingerprint density at radius 2 is 1.92 bits per heavy atom. The lowest BCUT2D eigenvalue weighted by atomic mass is 9.81. The van der Waals surface area contributed by atoms with E-state index in [4.69, 9.17) is 4.74 Å².